The van der Waals surface area contributed by atoms with E-state index in [2.05, 4.69) is 20.8 Å². The summed E-state index contributed by atoms with van der Waals surface area (Å²) in [4.78, 5) is 14.4. The number of nitrogens with zero attached hydrogens (tertiary/aromatic N) is 7. The summed E-state index contributed by atoms with van der Waals surface area (Å²) in [6.07, 6.45) is 1.48. The van der Waals surface area contributed by atoms with Crippen LogP contribution in [0.4, 0.5) is 10.5 Å². The van der Waals surface area contributed by atoms with Crippen LogP contribution >= 0.6 is 0 Å². The molecule has 2 aliphatic heterocycles. The molecule has 2 saturated heterocycles. The van der Waals surface area contributed by atoms with Crippen molar-refractivity contribution in [3.63, 3.8) is 0 Å². The lowest BCUT2D eigenvalue weighted by atomic mass is 10.2. The van der Waals surface area contributed by atoms with Crippen molar-refractivity contribution in [2.75, 3.05) is 57.8 Å². The Morgan fingerprint density at radius 1 is 1.07 bits per heavy atom. The summed E-state index contributed by atoms with van der Waals surface area (Å²) in [5.74, 6) is 0. The standard InChI is InChI=1S/C17H24N8O4S/c1-14-2-3-15(25-13-18-20-21-25)12-16(14)19-17(26)22-4-6-23(7-5-22)30(27,28)24-8-10-29-11-9-24/h2-3,12-13H,4-11H2,1H3,(H,19,26). The van der Waals surface area contributed by atoms with Crippen molar-refractivity contribution in [3.8, 4) is 5.69 Å². The second kappa shape index (κ2) is 8.63. The summed E-state index contributed by atoms with van der Waals surface area (Å²) in [5.41, 5.74) is 2.27. The van der Waals surface area contributed by atoms with Crippen molar-refractivity contribution in [1.82, 2.24) is 33.7 Å². The van der Waals surface area contributed by atoms with E-state index in [0.717, 1.165) is 11.3 Å². The Labute approximate surface area is 174 Å². The Kier molecular flexibility index (Phi) is 5.94. The fourth-order valence-corrected chi connectivity index (χ4v) is 4.99. The number of piperazine rings is 1. The topological polar surface area (TPSA) is 126 Å². The highest BCUT2D eigenvalue weighted by molar-refractivity contribution is 7.86. The van der Waals surface area contributed by atoms with Crippen LogP contribution in [0, 0.1) is 6.92 Å². The van der Waals surface area contributed by atoms with Gasteiger partial charge < -0.3 is 15.0 Å². The van der Waals surface area contributed by atoms with E-state index in [1.54, 1.807) is 11.0 Å². The lowest BCUT2D eigenvalue weighted by molar-refractivity contribution is 0.0691. The molecule has 2 amide bonds. The zero-order valence-electron chi connectivity index (χ0n) is 16.6. The number of amides is 2. The normalized spacial score (nSPS) is 19.0. The Balaban J connectivity index is 1.37. The zero-order chi connectivity index (χ0) is 21.1. The largest absolute Gasteiger partial charge is 0.379 e. The fourth-order valence-electron chi connectivity index (χ4n) is 3.42. The lowest BCUT2D eigenvalue weighted by Gasteiger charge is -2.37. The maximum Gasteiger partial charge on any atom is 0.321 e. The van der Waals surface area contributed by atoms with Gasteiger partial charge in [0.15, 0.2) is 0 Å². The smallest absolute Gasteiger partial charge is 0.321 e. The van der Waals surface area contributed by atoms with Gasteiger partial charge in [-0.1, -0.05) is 6.07 Å². The van der Waals surface area contributed by atoms with Crippen LogP contribution in [0.5, 0.6) is 0 Å². The van der Waals surface area contributed by atoms with Crippen LogP contribution < -0.4 is 5.32 Å². The highest BCUT2D eigenvalue weighted by atomic mass is 32.2. The first-order chi connectivity index (χ1) is 14.4. The van der Waals surface area contributed by atoms with E-state index in [1.165, 1.54) is 19.6 Å². The molecule has 4 rings (SSSR count). The number of ether oxygens (including phenoxy) is 1. The van der Waals surface area contributed by atoms with Gasteiger partial charge in [0.25, 0.3) is 10.2 Å². The first kappa shape index (κ1) is 20.7. The molecule has 0 radical (unpaired) electrons. The number of hydrogen-bond acceptors (Lipinski definition) is 7. The van der Waals surface area contributed by atoms with E-state index in [9.17, 15) is 13.2 Å². The van der Waals surface area contributed by atoms with Gasteiger partial charge in [0.2, 0.25) is 0 Å². The van der Waals surface area contributed by atoms with Gasteiger partial charge in [-0.3, -0.25) is 0 Å². The number of carbonyl (C=O) groups excluding carboxylic acids is 1. The second-order valence-electron chi connectivity index (χ2n) is 7.09. The van der Waals surface area contributed by atoms with Crippen molar-refractivity contribution in [2.24, 2.45) is 0 Å². The summed E-state index contributed by atoms with van der Waals surface area (Å²) in [6, 6.07) is 5.26. The molecule has 1 N–H and O–H groups in total. The summed E-state index contributed by atoms with van der Waals surface area (Å²) in [5, 5.41) is 14.0. The van der Waals surface area contributed by atoms with E-state index < -0.39 is 10.2 Å². The van der Waals surface area contributed by atoms with Crippen LogP contribution in [-0.2, 0) is 14.9 Å². The molecule has 0 bridgehead atoms. The number of rotatable bonds is 4. The molecule has 2 aromatic rings. The Hall–Kier alpha value is -2.61. The number of tetrazole rings is 1. The second-order valence-corrected chi connectivity index (χ2v) is 9.02. The Morgan fingerprint density at radius 3 is 2.43 bits per heavy atom. The number of urea groups is 1. The molecular weight excluding hydrogens is 412 g/mol. The van der Waals surface area contributed by atoms with Crippen LogP contribution in [0.15, 0.2) is 24.5 Å². The first-order valence-corrected chi connectivity index (χ1v) is 11.1. The average Bonchev–Trinajstić information content (AvgIpc) is 3.31. The number of morpholine rings is 1. The molecule has 1 aromatic heterocycles. The molecule has 0 saturated carbocycles. The third kappa shape index (κ3) is 4.28. The van der Waals surface area contributed by atoms with Crippen molar-refractivity contribution in [1.29, 1.82) is 0 Å². The molecule has 0 spiro atoms. The third-order valence-corrected chi connectivity index (χ3v) is 7.26. The van der Waals surface area contributed by atoms with E-state index in [-0.39, 0.29) is 19.1 Å². The lowest BCUT2D eigenvalue weighted by Crippen LogP contribution is -2.56. The van der Waals surface area contributed by atoms with Crippen molar-refractivity contribution >= 4 is 21.9 Å². The van der Waals surface area contributed by atoms with Crippen LogP contribution in [0.25, 0.3) is 5.69 Å². The monoisotopic (exact) mass is 436 g/mol. The number of nitrogens with one attached hydrogen (secondary N) is 1. The van der Waals surface area contributed by atoms with Crippen molar-refractivity contribution in [2.45, 2.75) is 6.92 Å². The van der Waals surface area contributed by atoms with E-state index >= 15 is 0 Å². The molecule has 3 heterocycles. The molecule has 0 atom stereocenters. The molecule has 2 fully saturated rings. The third-order valence-electron chi connectivity index (χ3n) is 5.22. The molecule has 0 aliphatic carbocycles. The highest BCUT2D eigenvalue weighted by Crippen LogP contribution is 2.20. The zero-order valence-corrected chi connectivity index (χ0v) is 17.5. The van der Waals surface area contributed by atoms with Gasteiger partial charge in [-0.2, -0.15) is 17.0 Å². The van der Waals surface area contributed by atoms with Gasteiger partial charge in [-0.25, -0.2) is 9.48 Å². The molecular formula is C17H24N8O4S. The molecule has 13 heteroatoms. The van der Waals surface area contributed by atoms with Gasteiger partial charge in [0, 0.05) is 45.0 Å². The molecule has 1 aromatic carbocycles. The minimum Gasteiger partial charge on any atom is -0.379 e. The van der Waals surface area contributed by atoms with Crippen LogP contribution in [-0.4, -0.2) is 101 Å². The van der Waals surface area contributed by atoms with E-state index in [4.69, 9.17) is 4.74 Å². The molecule has 2 aliphatic rings. The van der Waals surface area contributed by atoms with E-state index in [0.29, 0.717) is 45.1 Å². The van der Waals surface area contributed by atoms with Crippen LogP contribution in [0.2, 0.25) is 0 Å². The van der Waals surface area contributed by atoms with E-state index in [1.807, 2.05) is 19.1 Å². The predicted molar refractivity (Wildman–Crippen MR) is 107 cm³/mol. The van der Waals surface area contributed by atoms with Gasteiger partial charge in [0.05, 0.1) is 18.9 Å². The number of hydrogen-bond donors (Lipinski definition) is 1. The molecule has 30 heavy (non-hydrogen) atoms. The van der Waals surface area contributed by atoms with Gasteiger partial charge in [0.1, 0.15) is 6.33 Å². The maximum absolute atomic E-state index is 12.8. The van der Waals surface area contributed by atoms with Gasteiger partial charge >= 0.3 is 6.03 Å². The van der Waals surface area contributed by atoms with Crippen molar-refractivity contribution < 1.29 is 17.9 Å². The van der Waals surface area contributed by atoms with Crippen LogP contribution in [0.1, 0.15) is 5.56 Å². The number of aromatic nitrogens is 4. The number of anilines is 1. The summed E-state index contributed by atoms with van der Waals surface area (Å²) >= 11 is 0. The Bertz CT molecular complexity index is 983. The SMILES string of the molecule is Cc1ccc(-n2cnnn2)cc1NC(=O)N1CCN(S(=O)(=O)N2CCOCC2)CC1. The minimum absolute atomic E-state index is 0.261. The average molecular weight is 436 g/mol. The number of carbonyl (C=O) groups is 1. The first-order valence-electron chi connectivity index (χ1n) is 9.68. The maximum atomic E-state index is 12.8. The Morgan fingerprint density at radius 2 is 1.77 bits per heavy atom. The molecule has 12 nitrogen and oxygen atoms in total. The quantitative estimate of drug-likeness (QED) is 0.697. The van der Waals surface area contributed by atoms with Gasteiger partial charge in [-0.15, -0.1) is 5.10 Å². The fraction of sp³-hybridized carbons (Fsp3) is 0.529. The molecule has 162 valence electrons. The van der Waals surface area contributed by atoms with Crippen molar-refractivity contribution in [3.05, 3.63) is 30.1 Å². The summed E-state index contributed by atoms with van der Waals surface area (Å²) in [6.45, 7) is 4.59. The number of benzene rings is 1. The highest BCUT2D eigenvalue weighted by Gasteiger charge is 2.34. The predicted octanol–water partition coefficient (Wildman–Crippen LogP) is -0.303. The molecule has 0 unspecified atom stereocenters. The summed E-state index contributed by atoms with van der Waals surface area (Å²) in [7, 11) is -3.52. The van der Waals surface area contributed by atoms with Crippen LogP contribution in [0.3, 0.4) is 0 Å². The van der Waals surface area contributed by atoms with Gasteiger partial charge in [-0.05, 0) is 35.0 Å². The minimum atomic E-state index is -3.52. The number of aryl methyl sites for hydroxylation is 1. The summed E-state index contributed by atoms with van der Waals surface area (Å²) < 4.78 is 35.1.